The lowest BCUT2D eigenvalue weighted by atomic mass is 10.2. The fraction of sp³-hybridized carbons (Fsp3) is 0.462. The highest BCUT2D eigenvalue weighted by Crippen LogP contribution is 2.57. The maximum atomic E-state index is 13.8. The van der Waals surface area contributed by atoms with Gasteiger partial charge in [0.25, 0.3) is 0 Å². The standard InChI is InChI=1S/C13H10ClF4IN2/c14-4-1-11-20-9-6-8(19)7(15)5-10(9)21(11)12(2-3-12)13(16,17)18/h5-6H,1-4H2. The van der Waals surface area contributed by atoms with Crippen molar-refractivity contribution in [3.8, 4) is 0 Å². The van der Waals surface area contributed by atoms with Gasteiger partial charge in [-0.25, -0.2) is 9.37 Å². The number of fused-ring (bicyclic) bond motifs is 1. The monoisotopic (exact) mass is 432 g/mol. The summed E-state index contributed by atoms with van der Waals surface area (Å²) < 4.78 is 55.5. The van der Waals surface area contributed by atoms with E-state index in [2.05, 4.69) is 4.98 Å². The second-order valence-corrected chi connectivity index (χ2v) is 6.63. The highest BCUT2D eigenvalue weighted by Gasteiger charge is 2.65. The zero-order chi connectivity index (χ0) is 15.4. The minimum Gasteiger partial charge on any atom is -0.312 e. The zero-order valence-electron chi connectivity index (χ0n) is 10.6. The second kappa shape index (κ2) is 4.97. The number of aromatic nitrogens is 2. The van der Waals surface area contributed by atoms with Gasteiger partial charge >= 0.3 is 6.18 Å². The highest BCUT2D eigenvalue weighted by atomic mass is 127. The summed E-state index contributed by atoms with van der Waals surface area (Å²) in [5.74, 6) is -0.118. The molecule has 0 spiro atoms. The highest BCUT2D eigenvalue weighted by molar-refractivity contribution is 14.1. The van der Waals surface area contributed by atoms with Crippen LogP contribution in [0.5, 0.6) is 0 Å². The maximum Gasteiger partial charge on any atom is 0.412 e. The first-order valence-electron chi connectivity index (χ1n) is 6.30. The summed E-state index contributed by atoms with van der Waals surface area (Å²) in [5, 5.41) is 0. The van der Waals surface area contributed by atoms with E-state index >= 15 is 0 Å². The van der Waals surface area contributed by atoms with Crippen molar-refractivity contribution in [1.82, 2.24) is 9.55 Å². The Labute approximate surface area is 136 Å². The van der Waals surface area contributed by atoms with Gasteiger partial charge in [-0.1, -0.05) is 0 Å². The third kappa shape index (κ3) is 2.32. The van der Waals surface area contributed by atoms with E-state index in [4.69, 9.17) is 11.6 Å². The fourth-order valence-electron chi connectivity index (χ4n) is 2.60. The van der Waals surface area contributed by atoms with E-state index in [0.29, 0.717) is 9.09 Å². The van der Waals surface area contributed by atoms with Gasteiger partial charge < -0.3 is 4.57 Å². The molecule has 8 heteroatoms. The summed E-state index contributed by atoms with van der Waals surface area (Å²) in [6.45, 7) is 0. The second-order valence-electron chi connectivity index (χ2n) is 5.09. The molecule has 114 valence electrons. The van der Waals surface area contributed by atoms with Crippen LogP contribution >= 0.6 is 34.2 Å². The van der Waals surface area contributed by atoms with Crippen LogP contribution in [0.15, 0.2) is 12.1 Å². The molecule has 1 fully saturated rings. The Hall–Kier alpha value is -0.570. The van der Waals surface area contributed by atoms with Crippen LogP contribution in [0.25, 0.3) is 11.0 Å². The first kappa shape index (κ1) is 15.3. The molecule has 0 unspecified atom stereocenters. The quantitative estimate of drug-likeness (QED) is 0.393. The molecular formula is C13H10ClF4IN2. The van der Waals surface area contributed by atoms with Crippen LogP contribution in [0.4, 0.5) is 17.6 Å². The SMILES string of the molecule is Fc1cc2c(cc1I)nc(CCCl)n2C1(C(F)(F)F)CC1. The molecule has 1 aromatic heterocycles. The van der Waals surface area contributed by atoms with Crippen molar-refractivity contribution in [1.29, 1.82) is 0 Å². The summed E-state index contributed by atoms with van der Waals surface area (Å²) in [4.78, 5) is 4.23. The fourth-order valence-corrected chi connectivity index (χ4v) is 3.22. The molecule has 0 atom stereocenters. The van der Waals surface area contributed by atoms with E-state index < -0.39 is 17.5 Å². The van der Waals surface area contributed by atoms with Gasteiger partial charge in [0.15, 0.2) is 0 Å². The van der Waals surface area contributed by atoms with E-state index in [1.54, 1.807) is 22.6 Å². The van der Waals surface area contributed by atoms with Gasteiger partial charge in [-0.2, -0.15) is 13.2 Å². The van der Waals surface area contributed by atoms with Crippen molar-refractivity contribution < 1.29 is 17.6 Å². The van der Waals surface area contributed by atoms with Crippen LogP contribution in [-0.4, -0.2) is 21.6 Å². The molecule has 1 aromatic carbocycles. The number of benzene rings is 1. The van der Waals surface area contributed by atoms with E-state index in [1.165, 1.54) is 6.07 Å². The Balaban J connectivity index is 2.29. The molecule has 1 aliphatic rings. The Kier molecular flexibility index (Phi) is 3.63. The lowest BCUT2D eigenvalue weighted by Gasteiger charge is -2.23. The third-order valence-corrected chi connectivity index (χ3v) is 4.78. The molecule has 0 N–H and O–H groups in total. The number of hydrogen-bond donors (Lipinski definition) is 0. The van der Waals surface area contributed by atoms with Crippen molar-refractivity contribution in [3.05, 3.63) is 27.3 Å². The summed E-state index contributed by atoms with van der Waals surface area (Å²) in [6.07, 6.45) is -4.19. The Morgan fingerprint density at radius 3 is 2.52 bits per heavy atom. The first-order chi connectivity index (χ1) is 9.80. The van der Waals surface area contributed by atoms with E-state index in [9.17, 15) is 17.6 Å². The molecule has 1 saturated carbocycles. The number of alkyl halides is 4. The molecule has 0 bridgehead atoms. The normalized spacial score (nSPS) is 17.4. The van der Waals surface area contributed by atoms with Gasteiger partial charge in [0.1, 0.15) is 17.2 Å². The number of imidazole rings is 1. The number of halogens is 6. The number of nitrogens with zero attached hydrogens (tertiary/aromatic N) is 2. The van der Waals surface area contributed by atoms with E-state index in [-0.39, 0.29) is 36.5 Å². The third-order valence-electron chi connectivity index (χ3n) is 3.76. The lowest BCUT2D eigenvalue weighted by molar-refractivity contribution is -0.179. The topological polar surface area (TPSA) is 17.8 Å². The average Bonchev–Trinajstić information content (AvgIpc) is 3.11. The van der Waals surface area contributed by atoms with Gasteiger partial charge in [0, 0.05) is 18.4 Å². The van der Waals surface area contributed by atoms with Gasteiger partial charge in [-0.05, 0) is 41.5 Å². The number of hydrogen-bond acceptors (Lipinski definition) is 1. The molecular weight excluding hydrogens is 423 g/mol. The van der Waals surface area contributed by atoms with Crippen molar-refractivity contribution in [2.75, 3.05) is 5.88 Å². The van der Waals surface area contributed by atoms with Gasteiger partial charge in [-0.3, -0.25) is 0 Å². The van der Waals surface area contributed by atoms with Crippen molar-refractivity contribution in [2.45, 2.75) is 31.0 Å². The van der Waals surface area contributed by atoms with Crippen LogP contribution in [0, 0.1) is 9.39 Å². The Bertz CT molecular complexity index is 706. The van der Waals surface area contributed by atoms with Gasteiger partial charge in [0.05, 0.1) is 14.6 Å². The largest absolute Gasteiger partial charge is 0.412 e. The number of aryl methyl sites for hydroxylation is 1. The Morgan fingerprint density at radius 1 is 1.33 bits per heavy atom. The molecule has 21 heavy (non-hydrogen) atoms. The van der Waals surface area contributed by atoms with Crippen molar-refractivity contribution in [3.63, 3.8) is 0 Å². The number of rotatable bonds is 3. The molecule has 0 aliphatic heterocycles. The minimum absolute atomic E-state index is 0.00908. The summed E-state index contributed by atoms with van der Waals surface area (Å²) in [6, 6.07) is 2.60. The predicted molar refractivity (Wildman–Crippen MR) is 80.1 cm³/mol. The molecule has 1 aliphatic carbocycles. The van der Waals surface area contributed by atoms with Crippen molar-refractivity contribution >= 4 is 45.2 Å². The minimum atomic E-state index is -4.39. The van der Waals surface area contributed by atoms with Crippen LogP contribution in [-0.2, 0) is 12.0 Å². The van der Waals surface area contributed by atoms with Crippen LogP contribution < -0.4 is 0 Å². The first-order valence-corrected chi connectivity index (χ1v) is 7.91. The smallest absolute Gasteiger partial charge is 0.312 e. The van der Waals surface area contributed by atoms with E-state index in [0.717, 1.165) is 10.6 Å². The lowest BCUT2D eigenvalue weighted by Crippen LogP contribution is -2.36. The average molecular weight is 433 g/mol. The van der Waals surface area contributed by atoms with Crippen LogP contribution in [0.2, 0.25) is 0 Å². The molecule has 2 aromatic rings. The van der Waals surface area contributed by atoms with E-state index in [1.807, 2.05) is 0 Å². The summed E-state index contributed by atoms with van der Waals surface area (Å²) >= 11 is 7.47. The Morgan fingerprint density at radius 2 is 2.00 bits per heavy atom. The van der Waals surface area contributed by atoms with Gasteiger partial charge in [0.2, 0.25) is 0 Å². The maximum absolute atomic E-state index is 13.8. The predicted octanol–water partition coefficient (Wildman–Crippen LogP) is 4.61. The molecule has 0 saturated heterocycles. The molecule has 0 amide bonds. The molecule has 3 rings (SSSR count). The summed E-state index contributed by atoms with van der Waals surface area (Å²) in [7, 11) is 0. The van der Waals surface area contributed by atoms with Crippen LogP contribution in [0.3, 0.4) is 0 Å². The zero-order valence-corrected chi connectivity index (χ0v) is 13.6. The van der Waals surface area contributed by atoms with Crippen molar-refractivity contribution in [2.24, 2.45) is 0 Å². The molecule has 2 nitrogen and oxygen atoms in total. The molecule has 0 radical (unpaired) electrons. The van der Waals surface area contributed by atoms with Crippen LogP contribution in [0.1, 0.15) is 18.7 Å². The van der Waals surface area contributed by atoms with Gasteiger partial charge in [-0.15, -0.1) is 11.6 Å². The molecule has 1 heterocycles. The summed E-state index contributed by atoms with van der Waals surface area (Å²) in [5.41, 5.74) is -1.40.